The largest absolute Gasteiger partial charge is 0.488 e. The van der Waals surface area contributed by atoms with E-state index in [2.05, 4.69) is 70.9 Å². The average Bonchev–Trinajstić information content (AvgIpc) is 3.11. The topological polar surface area (TPSA) is 48.9 Å². The van der Waals surface area contributed by atoms with E-state index in [0.717, 1.165) is 44.3 Å². The lowest BCUT2D eigenvalue weighted by atomic mass is 10.1. The van der Waals surface area contributed by atoms with Crippen molar-refractivity contribution in [3.05, 3.63) is 65.2 Å². The molecular weight excluding hydrogens is 463 g/mol. The maximum absolute atomic E-state index is 5.98. The van der Waals surface area contributed by atoms with Crippen molar-refractivity contribution in [2.75, 3.05) is 27.2 Å². The van der Waals surface area contributed by atoms with Crippen molar-refractivity contribution >= 4 is 29.9 Å². The van der Waals surface area contributed by atoms with Crippen LogP contribution in [0.2, 0.25) is 0 Å². The molecule has 1 heterocycles. The highest BCUT2D eigenvalue weighted by Gasteiger charge is 2.22. The number of aliphatic imine (C=N–C) groups is 1. The highest BCUT2D eigenvalue weighted by atomic mass is 127. The number of para-hydroxylation sites is 1. The Balaban J connectivity index is 0.00000280. The highest BCUT2D eigenvalue weighted by molar-refractivity contribution is 14.0. The number of hydrogen-bond acceptors (Lipinski definition) is 3. The number of fused-ring (bicyclic) bond motifs is 1. The second-order valence-electron chi connectivity index (χ2n) is 7.01. The Bertz CT molecular complexity index is 756. The fourth-order valence-corrected chi connectivity index (χ4v) is 3.25. The van der Waals surface area contributed by atoms with Crippen LogP contribution in [0.3, 0.4) is 0 Å². The minimum atomic E-state index is 0. The van der Waals surface area contributed by atoms with Gasteiger partial charge in [0.15, 0.2) is 5.96 Å². The molecule has 2 aromatic carbocycles. The average molecular weight is 494 g/mol. The van der Waals surface area contributed by atoms with Crippen molar-refractivity contribution in [1.82, 2.24) is 15.5 Å². The zero-order chi connectivity index (χ0) is 19.1. The van der Waals surface area contributed by atoms with E-state index in [1.807, 2.05) is 12.1 Å². The van der Waals surface area contributed by atoms with Gasteiger partial charge < -0.3 is 20.3 Å². The molecule has 0 spiro atoms. The van der Waals surface area contributed by atoms with E-state index < -0.39 is 0 Å². The van der Waals surface area contributed by atoms with Crippen LogP contribution in [0.1, 0.15) is 23.6 Å². The van der Waals surface area contributed by atoms with Gasteiger partial charge in [-0.25, -0.2) is 0 Å². The van der Waals surface area contributed by atoms with E-state index in [1.54, 1.807) is 7.05 Å². The van der Waals surface area contributed by atoms with Crippen LogP contribution in [0.4, 0.5) is 0 Å². The van der Waals surface area contributed by atoms with Gasteiger partial charge in [0.05, 0.1) is 6.54 Å². The molecule has 2 N–H and O–H groups in total. The summed E-state index contributed by atoms with van der Waals surface area (Å²) in [6.45, 7) is 5.67. The molecule has 2 aromatic rings. The third kappa shape index (κ3) is 6.38. The second kappa shape index (κ2) is 11.3. The van der Waals surface area contributed by atoms with Crippen LogP contribution in [0, 0.1) is 0 Å². The van der Waals surface area contributed by atoms with E-state index >= 15 is 0 Å². The van der Waals surface area contributed by atoms with Gasteiger partial charge in [0.2, 0.25) is 0 Å². The Kier molecular flexibility index (Phi) is 9.05. The normalized spacial score (nSPS) is 15.6. The zero-order valence-electron chi connectivity index (χ0n) is 16.9. The number of guanidine groups is 1. The van der Waals surface area contributed by atoms with Gasteiger partial charge in [-0.1, -0.05) is 49.4 Å². The molecule has 0 saturated carbocycles. The van der Waals surface area contributed by atoms with E-state index in [-0.39, 0.29) is 30.1 Å². The molecule has 1 unspecified atom stereocenters. The summed E-state index contributed by atoms with van der Waals surface area (Å²) >= 11 is 0. The molecule has 0 aliphatic carbocycles. The maximum atomic E-state index is 5.98. The van der Waals surface area contributed by atoms with Gasteiger partial charge in [0.1, 0.15) is 11.9 Å². The first-order valence-corrected chi connectivity index (χ1v) is 9.63. The van der Waals surface area contributed by atoms with Crippen molar-refractivity contribution < 1.29 is 4.74 Å². The summed E-state index contributed by atoms with van der Waals surface area (Å²) in [7, 11) is 3.94. The molecule has 1 atom stereocenters. The lowest BCUT2D eigenvalue weighted by Crippen LogP contribution is -2.41. The van der Waals surface area contributed by atoms with Crippen LogP contribution in [0.5, 0.6) is 5.75 Å². The van der Waals surface area contributed by atoms with Gasteiger partial charge in [-0.05, 0) is 36.3 Å². The highest BCUT2D eigenvalue weighted by Crippen LogP contribution is 2.27. The number of nitrogens with one attached hydrogen (secondary N) is 2. The molecule has 1 aliphatic rings. The van der Waals surface area contributed by atoms with E-state index in [1.165, 1.54) is 16.7 Å². The second-order valence-corrected chi connectivity index (χ2v) is 7.01. The molecule has 0 amide bonds. The Labute approximate surface area is 185 Å². The minimum absolute atomic E-state index is 0. The zero-order valence-corrected chi connectivity index (χ0v) is 19.3. The van der Waals surface area contributed by atoms with E-state index in [9.17, 15) is 0 Å². The van der Waals surface area contributed by atoms with Crippen LogP contribution in [0.25, 0.3) is 0 Å². The predicted octanol–water partition coefficient (Wildman–Crippen LogP) is 3.43. The summed E-state index contributed by atoms with van der Waals surface area (Å²) in [6, 6.07) is 16.9. The molecule has 0 fully saturated rings. The molecule has 0 bridgehead atoms. The van der Waals surface area contributed by atoms with Crippen LogP contribution < -0.4 is 15.4 Å². The van der Waals surface area contributed by atoms with E-state index in [0.29, 0.717) is 0 Å². The molecule has 6 heteroatoms. The predicted molar refractivity (Wildman–Crippen MR) is 127 cm³/mol. The monoisotopic (exact) mass is 494 g/mol. The number of hydrogen-bond donors (Lipinski definition) is 2. The van der Waals surface area contributed by atoms with Crippen molar-refractivity contribution in [2.24, 2.45) is 4.99 Å². The lowest BCUT2D eigenvalue weighted by Gasteiger charge is -2.17. The van der Waals surface area contributed by atoms with Gasteiger partial charge in [0.25, 0.3) is 0 Å². The van der Waals surface area contributed by atoms with Crippen molar-refractivity contribution in [2.45, 2.75) is 32.5 Å². The fraction of sp³-hybridized carbons (Fsp3) is 0.409. The summed E-state index contributed by atoms with van der Waals surface area (Å²) in [5, 5.41) is 6.77. The summed E-state index contributed by atoms with van der Waals surface area (Å²) in [5.74, 6) is 1.80. The third-order valence-electron chi connectivity index (χ3n) is 4.88. The van der Waals surface area contributed by atoms with Gasteiger partial charge in [-0.15, -0.1) is 24.0 Å². The van der Waals surface area contributed by atoms with Crippen LogP contribution >= 0.6 is 24.0 Å². The smallest absolute Gasteiger partial charge is 0.191 e. The molecule has 152 valence electrons. The summed E-state index contributed by atoms with van der Waals surface area (Å²) in [4.78, 5) is 6.63. The first-order valence-electron chi connectivity index (χ1n) is 9.63. The molecule has 0 radical (unpaired) electrons. The molecule has 28 heavy (non-hydrogen) atoms. The molecule has 5 nitrogen and oxygen atoms in total. The maximum Gasteiger partial charge on any atom is 0.191 e. The Morgan fingerprint density at radius 3 is 2.68 bits per heavy atom. The molecule has 1 aliphatic heterocycles. The first-order chi connectivity index (χ1) is 13.2. The van der Waals surface area contributed by atoms with Gasteiger partial charge in [-0.3, -0.25) is 4.99 Å². The molecule has 3 rings (SSSR count). The third-order valence-corrected chi connectivity index (χ3v) is 4.88. The van der Waals surface area contributed by atoms with Gasteiger partial charge in [-0.2, -0.15) is 0 Å². The van der Waals surface area contributed by atoms with Crippen LogP contribution in [-0.4, -0.2) is 44.1 Å². The van der Waals surface area contributed by atoms with Gasteiger partial charge >= 0.3 is 0 Å². The fourth-order valence-electron chi connectivity index (χ4n) is 3.25. The number of benzene rings is 2. The Morgan fingerprint density at radius 2 is 1.93 bits per heavy atom. The van der Waals surface area contributed by atoms with Crippen molar-refractivity contribution in [3.8, 4) is 5.75 Å². The number of ether oxygens (including phenoxy) is 1. The molecule has 0 saturated heterocycles. The minimum Gasteiger partial charge on any atom is -0.488 e. The number of rotatable bonds is 7. The van der Waals surface area contributed by atoms with E-state index in [4.69, 9.17) is 4.74 Å². The first kappa shape index (κ1) is 22.5. The summed E-state index contributed by atoms with van der Waals surface area (Å²) in [5.41, 5.74) is 3.87. The Morgan fingerprint density at radius 1 is 1.14 bits per heavy atom. The summed E-state index contributed by atoms with van der Waals surface area (Å²) < 4.78 is 5.98. The standard InChI is InChI=1S/C22H30N4O.HI/c1-4-26(3)16-18-9-7-8-17(12-18)14-24-22(23-2)25-15-20-13-19-10-5-6-11-21(19)27-20;/h5-12,20H,4,13-16H2,1-3H3,(H2,23,24,25);1H. The number of halogens is 1. The van der Waals surface area contributed by atoms with Gasteiger partial charge in [0, 0.05) is 26.6 Å². The quantitative estimate of drug-likeness (QED) is 0.352. The van der Waals surface area contributed by atoms with Crippen molar-refractivity contribution in [3.63, 3.8) is 0 Å². The summed E-state index contributed by atoms with van der Waals surface area (Å²) in [6.07, 6.45) is 1.08. The molecule has 0 aromatic heterocycles. The van der Waals surface area contributed by atoms with Crippen molar-refractivity contribution in [1.29, 1.82) is 0 Å². The molecular formula is C22H31IN4O. The van der Waals surface area contributed by atoms with Crippen LogP contribution in [-0.2, 0) is 19.5 Å². The number of nitrogens with zero attached hydrogens (tertiary/aromatic N) is 2. The lowest BCUT2D eigenvalue weighted by molar-refractivity contribution is 0.235. The SMILES string of the molecule is CCN(C)Cc1cccc(CNC(=NC)NCC2Cc3ccccc3O2)c1.I. The Hall–Kier alpha value is -1.80. The van der Waals surface area contributed by atoms with Crippen LogP contribution in [0.15, 0.2) is 53.5 Å².